The first kappa shape index (κ1) is 17.4. The largest absolute Gasteiger partial charge is 0.309 e. The third-order valence-corrected chi connectivity index (χ3v) is 5.34. The number of carbonyl (C=O) groups is 1. The number of anilines is 1. The molecular weight excluding hydrogens is 366 g/mol. The molecule has 4 heterocycles. The van der Waals surface area contributed by atoms with Crippen LogP contribution < -0.4 is 4.90 Å². The molecule has 4 aromatic rings. The van der Waals surface area contributed by atoms with Crippen molar-refractivity contribution in [3.63, 3.8) is 0 Å². The molecule has 1 aliphatic heterocycles. The lowest BCUT2D eigenvalue weighted by Gasteiger charge is -2.20. The van der Waals surface area contributed by atoms with Crippen molar-refractivity contribution in [2.24, 2.45) is 0 Å². The summed E-state index contributed by atoms with van der Waals surface area (Å²) in [5, 5.41) is 0. The molecule has 0 aliphatic carbocycles. The molecule has 1 unspecified atom stereocenters. The van der Waals surface area contributed by atoms with Crippen LogP contribution in [0.5, 0.6) is 0 Å². The van der Waals surface area contributed by atoms with Gasteiger partial charge in [0.25, 0.3) is 5.91 Å². The second kappa shape index (κ2) is 6.44. The highest BCUT2D eigenvalue weighted by Gasteiger charge is 2.37. The molecule has 1 aliphatic rings. The lowest BCUT2D eigenvalue weighted by molar-refractivity contribution is 0.0992. The molecule has 5 rings (SSSR count). The van der Waals surface area contributed by atoms with Crippen LogP contribution in [0.2, 0.25) is 0 Å². The van der Waals surface area contributed by atoms with Gasteiger partial charge in [-0.3, -0.25) is 9.69 Å². The van der Waals surface area contributed by atoms with Crippen molar-refractivity contribution in [1.82, 2.24) is 29.5 Å². The Morgan fingerprint density at radius 1 is 1.07 bits per heavy atom. The quantitative estimate of drug-likeness (QED) is 0.537. The average molecular weight is 385 g/mol. The maximum atomic E-state index is 13.1. The standard InChI is InChI=1S/C21H19N7O/c1-4-27-18(14-9-22-13(3)23-10-14)26-17-19(27)24-11-25-20(17)28-12(2)15-7-5-6-8-16(15)21(28)29/h5-12H,4H2,1-3H3. The number of hydrogen-bond donors (Lipinski definition) is 0. The highest BCUT2D eigenvalue weighted by atomic mass is 16.2. The van der Waals surface area contributed by atoms with Gasteiger partial charge in [0.15, 0.2) is 17.0 Å². The Bertz CT molecular complexity index is 1250. The summed E-state index contributed by atoms with van der Waals surface area (Å²) in [4.78, 5) is 37.1. The Labute approximate surface area is 167 Å². The van der Waals surface area contributed by atoms with E-state index in [9.17, 15) is 4.79 Å². The molecule has 0 saturated heterocycles. The highest BCUT2D eigenvalue weighted by Crippen LogP contribution is 2.39. The number of amides is 1. The normalized spacial score (nSPS) is 15.9. The molecule has 3 aromatic heterocycles. The van der Waals surface area contributed by atoms with Gasteiger partial charge in [-0.25, -0.2) is 24.9 Å². The van der Waals surface area contributed by atoms with Crippen LogP contribution in [0, 0.1) is 6.92 Å². The molecule has 1 amide bonds. The van der Waals surface area contributed by atoms with Crippen LogP contribution in [-0.2, 0) is 6.54 Å². The fourth-order valence-corrected chi connectivity index (χ4v) is 3.91. The first-order chi connectivity index (χ1) is 14.1. The maximum absolute atomic E-state index is 13.1. The number of fused-ring (bicyclic) bond motifs is 2. The fraction of sp³-hybridized carbons (Fsp3) is 0.238. The van der Waals surface area contributed by atoms with Gasteiger partial charge in [0.1, 0.15) is 18.0 Å². The predicted molar refractivity (Wildman–Crippen MR) is 108 cm³/mol. The van der Waals surface area contributed by atoms with Crippen molar-refractivity contribution in [3.05, 3.63) is 59.9 Å². The summed E-state index contributed by atoms with van der Waals surface area (Å²) in [6.45, 7) is 6.54. The molecule has 1 aromatic carbocycles. The Kier molecular flexibility index (Phi) is 3.87. The smallest absolute Gasteiger partial charge is 0.260 e. The summed E-state index contributed by atoms with van der Waals surface area (Å²) < 4.78 is 1.99. The van der Waals surface area contributed by atoms with Gasteiger partial charge < -0.3 is 4.57 Å². The summed E-state index contributed by atoms with van der Waals surface area (Å²) in [7, 11) is 0. The first-order valence-electron chi connectivity index (χ1n) is 9.53. The maximum Gasteiger partial charge on any atom is 0.260 e. The first-order valence-corrected chi connectivity index (χ1v) is 9.53. The average Bonchev–Trinajstić information content (AvgIpc) is 3.24. The number of hydrogen-bond acceptors (Lipinski definition) is 6. The Balaban J connectivity index is 1.71. The minimum Gasteiger partial charge on any atom is -0.309 e. The van der Waals surface area contributed by atoms with E-state index in [0.29, 0.717) is 40.7 Å². The zero-order chi connectivity index (χ0) is 20.1. The summed E-state index contributed by atoms with van der Waals surface area (Å²) in [6.07, 6.45) is 4.99. The number of rotatable bonds is 3. The Hall–Kier alpha value is -3.68. The van der Waals surface area contributed by atoms with Gasteiger partial charge in [-0.1, -0.05) is 18.2 Å². The second-order valence-electron chi connectivity index (χ2n) is 7.01. The van der Waals surface area contributed by atoms with E-state index in [4.69, 9.17) is 4.98 Å². The molecule has 0 radical (unpaired) electrons. The number of aryl methyl sites for hydroxylation is 2. The third-order valence-electron chi connectivity index (χ3n) is 5.34. The molecule has 29 heavy (non-hydrogen) atoms. The SMILES string of the molecule is CCn1c(-c2cnc(C)nc2)nc2c(N3C(=O)c4ccccc4C3C)ncnc21. The summed E-state index contributed by atoms with van der Waals surface area (Å²) in [5.41, 5.74) is 3.77. The third kappa shape index (κ3) is 2.52. The predicted octanol–water partition coefficient (Wildman–Crippen LogP) is 3.33. The van der Waals surface area contributed by atoms with Crippen molar-refractivity contribution >= 4 is 22.9 Å². The molecule has 0 saturated carbocycles. The molecule has 0 N–H and O–H groups in total. The fourth-order valence-electron chi connectivity index (χ4n) is 3.91. The monoisotopic (exact) mass is 385 g/mol. The molecule has 144 valence electrons. The van der Waals surface area contributed by atoms with Gasteiger partial charge in [-0.2, -0.15) is 0 Å². The van der Waals surface area contributed by atoms with E-state index in [1.165, 1.54) is 6.33 Å². The van der Waals surface area contributed by atoms with Gasteiger partial charge in [-0.15, -0.1) is 0 Å². The number of nitrogens with zero attached hydrogens (tertiary/aromatic N) is 7. The van der Waals surface area contributed by atoms with Crippen LogP contribution in [0.15, 0.2) is 43.0 Å². The Morgan fingerprint density at radius 3 is 2.55 bits per heavy atom. The molecular formula is C21H19N7O. The highest BCUT2D eigenvalue weighted by molar-refractivity contribution is 6.13. The second-order valence-corrected chi connectivity index (χ2v) is 7.01. The topological polar surface area (TPSA) is 89.7 Å². The van der Waals surface area contributed by atoms with E-state index in [1.807, 2.05) is 49.6 Å². The van der Waals surface area contributed by atoms with E-state index in [-0.39, 0.29) is 11.9 Å². The summed E-state index contributed by atoms with van der Waals surface area (Å²) >= 11 is 0. The zero-order valence-electron chi connectivity index (χ0n) is 16.4. The van der Waals surface area contributed by atoms with Crippen LogP contribution in [0.25, 0.3) is 22.6 Å². The van der Waals surface area contributed by atoms with Gasteiger partial charge in [0, 0.05) is 24.5 Å². The van der Waals surface area contributed by atoms with Crippen molar-refractivity contribution in [3.8, 4) is 11.4 Å². The van der Waals surface area contributed by atoms with Crippen molar-refractivity contribution in [1.29, 1.82) is 0 Å². The van der Waals surface area contributed by atoms with Crippen LogP contribution in [0.3, 0.4) is 0 Å². The lowest BCUT2D eigenvalue weighted by Crippen LogP contribution is -2.27. The van der Waals surface area contributed by atoms with Crippen molar-refractivity contribution in [2.45, 2.75) is 33.4 Å². The number of imidazole rings is 1. The lowest BCUT2D eigenvalue weighted by atomic mass is 10.1. The van der Waals surface area contributed by atoms with Crippen LogP contribution >= 0.6 is 0 Å². The minimum atomic E-state index is -0.130. The van der Waals surface area contributed by atoms with E-state index in [1.54, 1.807) is 17.3 Å². The van der Waals surface area contributed by atoms with Gasteiger partial charge >= 0.3 is 0 Å². The van der Waals surface area contributed by atoms with Crippen LogP contribution in [0.4, 0.5) is 5.82 Å². The van der Waals surface area contributed by atoms with E-state index in [0.717, 1.165) is 11.1 Å². The van der Waals surface area contributed by atoms with Gasteiger partial charge in [-0.05, 0) is 32.4 Å². The van der Waals surface area contributed by atoms with Gasteiger partial charge in [0.2, 0.25) is 0 Å². The molecule has 0 bridgehead atoms. The number of aromatic nitrogens is 6. The van der Waals surface area contributed by atoms with Crippen molar-refractivity contribution in [2.75, 3.05) is 4.90 Å². The van der Waals surface area contributed by atoms with Gasteiger partial charge in [0.05, 0.1) is 11.6 Å². The van der Waals surface area contributed by atoms with Crippen LogP contribution in [-0.4, -0.2) is 35.4 Å². The molecule has 0 spiro atoms. The van der Waals surface area contributed by atoms with E-state index < -0.39 is 0 Å². The van der Waals surface area contributed by atoms with Crippen molar-refractivity contribution < 1.29 is 4.79 Å². The van der Waals surface area contributed by atoms with Crippen LogP contribution in [0.1, 0.15) is 41.6 Å². The Morgan fingerprint density at radius 2 is 1.83 bits per heavy atom. The van der Waals surface area contributed by atoms with E-state index in [2.05, 4.69) is 19.9 Å². The summed E-state index contributed by atoms with van der Waals surface area (Å²) in [6, 6.07) is 7.53. The minimum absolute atomic E-state index is 0.0700. The molecule has 8 heteroatoms. The summed E-state index contributed by atoms with van der Waals surface area (Å²) in [5.74, 6) is 1.85. The number of benzene rings is 1. The molecule has 8 nitrogen and oxygen atoms in total. The number of carbonyl (C=O) groups excluding carboxylic acids is 1. The zero-order valence-corrected chi connectivity index (χ0v) is 16.4. The van der Waals surface area contributed by atoms with E-state index >= 15 is 0 Å². The molecule has 1 atom stereocenters. The molecule has 0 fully saturated rings.